The topological polar surface area (TPSA) is 98.5 Å². The van der Waals surface area contributed by atoms with Gasteiger partial charge in [0, 0.05) is 17.3 Å². The molecule has 2 aromatic carbocycles. The third-order valence-electron chi connectivity index (χ3n) is 2.85. The molecular weight excluding hydrogens is 328 g/mol. The number of sulfonamides is 1. The van der Waals surface area contributed by atoms with Crippen molar-refractivity contribution in [3.63, 3.8) is 0 Å². The zero-order valence-electron chi connectivity index (χ0n) is 11.5. The van der Waals surface area contributed by atoms with E-state index < -0.39 is 15.9 Å². The van der Waals surface area contributed by atoms with Crippen LogP contribution >= 0.6 is 11.6 Å². The summed E-state index contributed by atoms with van der Waals surface area (Å²) in [5.74, 6) is -0.137. The maximum Gasteiger partial charge on any atom is 0.263 e. The summed E-state index contributed by atoms with van der Waals surface area (Å²) >= 11 is 5.97. The van der Waals surface area contributed by atoms with Gasteiger partial charge in [0.15, 0.2) is 0 Å². The minimum absolute atomic E-state index is 0.0422. The van der Waals surface area contributed by atoms with Gasteiger partial charge >= 0.3 is 0 Å². The molecule has 0 spiro atoms. The molecule has 0 atom stereocenters. The first kappa shape index (κ1) is 16.1. The lowest BCUT2D eigenvalue weighted by Crippen LogP contribution is -2.14. The first-order chi connectivity index (χ1) is 10.3. The second-order valence-corrected chi connectivity index (χ2v) is 6.40. The molecule has 2 aromatic rings. The van der Waals surface area contributed by atoms with E-state index in [1.54, 1.807) is 0 Å². The molecule has 0 unspecified atom stereocenters. The highest BCUT2D eigenvalue weighted by molar-refractivity contribution is 7.92. The normalized spacial score (nSPS) is 11.0. The fourth-order valence-electron chi connectivity index (χ4n) is 1.74. The lowest BCUT2D eigenvalue weighted by molar-refractivity contribution is 0.100. The summed E-state index contributed by atoms with van der Waals surface area (Å²) < 4.78 is 32.0. The number of hydrogen-bond donors (Lipinski definition) is 2. The Balaban J connectivity index is 2.29. The fraction of sp³-hybridized carbons (Fsp3) is 0.0714. The number of anilines is 1. The second-order valence-electron chi connectivity index (χ2n) is 4.34. The zero-order chi connectivity index (χ0) is 16.3. The molecule has 0 heterocycles. The molecule has 0 bridgehead atoms. The maximum absolute atomic E-state index is 12.3. The average Bonchev–Trinajstić information content (AvgIpc) is 2.46. The minimum atomic E-state index is -3.86. The number of methoxy groups -OCH3 is 1. The Morgan fingerprint density at radius 2 is 1.82 bits per heavy atom. The van der Waals surface area contributed by atoms with E-state index in [2.05, 4.69) is 4.72 Å². The summed E-state index contributed by atoms with van der Waals surface area (Å²) in [5.41, 5.74) is 5.69. The van der Waals surface area contributed by atoms with Crippen molar-refractivity contribution in [3.8, 4) is 5.75 Å². The van der Waals surface area contributed by atoms with E-state index in [1.807, 2.05) is 0 Å². The van der Waals surface area contributed by atoms with Gasteiger partial charge in [-0.25, -0.2) is 8.42 Å². The van der Waals surface area contributed by atoms with Crippen molar-refractivity contribution in [2.75, 3.05) is 11.8 Å². The molecule has 0 fully saturated rings. The van der Waals surface area contributed by atoms with E-state index in [9.17, 15) is 13.2 Å². The number of benzene rings is 2. The number of rotatable bonds is 5. The van der Waals surface area contributed by atoms with E-state index in [-0.39, 0.29) is 21.2 Å². The van der Waals surface area contributed by atoms with Crippen molar-refractivity contribution in [2.24, 2.45) is 5.73 Å². The van der Waals surface area contributed by atoms with Crippen LogP contribution in [-0.2, 0) is 10.0 Å². The van der Waals surface area contributed by atoms with Gasteiger partial charge in [0.05, 0.1) is 12.1 Å². The van der Waals surface area contributed by atoms with Crippen LogP contribution in [0.15, 0.2) is 47.4 Å². The van der Waals surface area contributed by atoms with Crippen LogP contribution in [0.4, 0.5) is 5.69 Å². The number of halogens is 1. The summed E-state index contributed by atoms with van der Waals surface area (Å²) in [7, 11) is -2.40. The number of nitrogens with two attached hydrogens (primary N) is 1. The molecule has 0 saturated heterocycles. The van der Waals surface area contributed by atoms with Crippen molar-refractivity contribution >= 4 is 33.2 Å². The molecule has 116 valence electrons. The molecule has 6 nitrogen and oxygen atoms in total. The van der Waals surface area contributed by atoms with Gasteiger partial charge in [-0.15, -0.1) is 0 Å². The van der Waals surface area contributed by atoms with Crippen LogP contribution in [0.25, 0.3) is 0 Å². The van der Waals surface area contributed by atoms with Gasteiger partial charge < -0.3 is 10.5 Å². The molecule has 1 amide bonds. The van der Waals surface area contributed by atoms with Crippen molar-refractivity contribution in [3.05, 3.63) is 53.1 Å². The minimum Gasteiger partial charge on any atom is -0.497 e. The molecule has 0 saturated carbocycles. The van der Waals surface area contributed by atoms with E-state index >= 15 is 0 Å². The van der Waals surface area contributed by atoms with Crippen LogP contribution in [0, 0.1) is 0 Å². The van der Waals surface area contributed by atoms with Crippen molar-refractivity contribution in [1.82, 2.24) is 0 Å². The highest BCUT2D eigenvalue weighted by Gasteiger charge is 2.18. The predicted molar refractivity (Wildman–Crippen MR) is 83.8 cm³/mol. The van der Waals surface area contributed by atoms with Crippen LogP contribution in [0.5, 0.6) is 5.75 Å². The summed E-state index contributed by atoms with van der Waals surface area (Å²) in [6.07, 6.45) is 0. The van der Waals surface area contributed by atoms with E-state index in [0.29, 0.717) is 5.75 Å². The first-order valence-corrected chi connectivity index (χ1v) is 7.96. The second kappa shape index (κ2) is 6.25. The van der Waals surface area contributed by atoms with E-state index in [0.717, 1.165) is 0 Å². The largest absolute Gasteiger partial charge is 0.497 e. The van der Waals surface area contributed by atoms with Crippen LogP contribution < -0.4 is 15.2 Å². The van der Waals surface area contributed by atoms with E-state index in [4.69, 9.17) is 22.1 Å². The molecule has 22 heavy (non-hydrogen) atoms. The molecule has 0 aromatic heterocycles. The highest BCUT2D eigenvalue weighted by Crippen LogP contribution is 2.27. The number of carbonyl (C=O) groups is 1. The number of amides is 1. The lowest BCUT2D eigenvalue weighted by Gasteiger charge is -2.10. The van der Waals surface area contributed by atoms with Gasteiger partial charge in [-0.3, -0.25) is 9.52 Å². The number of nitrogens with one attached hydrogen (secondary N) is 1. The maximum atomic E-state index is 12.3. The molecule has 8 heteroatoms. The third-order valence-corrected chi connectivity index (χ3v) is 4.71. The summed E-state index contributed by atoms with van der Waals surface area (Å²) in [5, 5.41) is 0.0422. The molecule has 0 aliphatic rings. The number of carbonyl (C=O) groups excluding carboxylic acids is 1. The molecule has 2 rings (SSSR count). The van der Waals surface area contributed by atoms with Gasteiger partial charge in [-0.2, -0.15) is 0 Å². The third kappa shape index (κ3) is 3.49. The molecular formula is C14H13ClN2O4S. The van der Waals surface area contributed by atoms with Gasteiger partial charge in [-0.1, -0.05) is 11.6 Å². The summed E-state index contributed by atoms with van der Waals surface area (Å²) in [6, 6.07) is 9.99. The Morgan fingerprint density at radius 3 is 2.32 bits per heavy atom. The van der Waals surface area contributed by atoms with Gasteiger partial charge in [0.25, 0.3) is 10.0 Å². The van der Waals surface area contributed by atoms with Crippen LogP contribution in [0.1, 0.15) is 10.4 Å². The molecule has 0 aliphatic carbocycles. The number of ether oxygens (including phenoxy) is 1. The van der Waals surface area contributed by atoms with Crippen LogP contribution in [0.3, 0.4) is 0 Å². The Bertz CT molecular complexity index is 804. The van der Waals surface area contributed by atoms with Crippen LogP contribution in [0.2, 0.25) is 5.02 Å². The first-order valence-electron chi connectivity index (χ1n) is 6.10. The number of hydrogen-bond acceptors (Lipinski definition) is 4. The summed E-state index contributed by atoms with van der Waals surface area (Å²) in [4.78, 5) is 10.9. The quantitative estimate of drug-likeness (QED) is 0.872. The van der Waals surface area contributed by atoms with Crippen molar-refractivity contribution < 1.29 is 17.9 Å². The zero-order valence-corrected chi connectivity index (χ0v) is 13.1. The number of primary amides is 1. The molecule has 3 N–H and O–H groups in total. The van der Waals surface area contributed by atoms with E-state index in [1.165, 1.54) is 49.6 Å². The van der Waals surface area contributed by atoms with Gasteiger partial charge in [0.1, 0.15) is 10.6 Å². The highest BCUT2D eigenvalue weighted by atomic mass is 35.5. The summed E-state index contributed by atoms with van der Waals surface area (Å²) in [6.45, 7) is 0. The van der Waals surface area contributed by atoms with Crippen LogP contribution in [-0.4, -0.2) is 21.4 Å². The Labute approximate surface area is 132 Å². The Morgan fingerprint density at radius 1 is 1.18 bits per heavy atom. The Hall–Kier alpha value is -2.25. The van der Waals surface area contributed by atoms with Crippen molar-refractivity contribution in [2.45, 2.75) is 4.90 Å². The SMILES string of the molecule is COc1ccc(S(=O)(=O)Nc2ccc(C(N)=O)cc2)c(Cl)c1. The van der Waals surface area contributed by atoms with Gasteiger partial charge in [-0.05, 0) is 36.4 Å². The monoisotopic (exact) mass is 340 g/mol. The lowest BCUT2D eigenvalue weighted by atomic mass is 10.2. The average molecular weight is 341 g/mol. The predicted octanol–water partition coefficient (Wildman–Crippen LogP) is 2.25. The van der Waals surface area contributed by atoms with Gasteiger partial charge in [0.2, 0.25) is 5.91 Å². The van der Waals surface area contributed by atoms with Crippen molar-refractivity contribution in [1.29, 1.82) is 0 Å². The molecule has 0 aliphatic heterocycles. The Kier molecular flexibility index (Phi) is 4.58. The standard InChI is InChI=1S/C14H13ClN2O4S/c1-21-11-6-7-13(12(15)8-11)22(19,20)17-10-4-2-9(3-5-10)14(16)18/h2-8,17H,1H3,(H2,16,18). The fourth-order valence-corrected chi connectivity index (χ4v) is 3.33. The smallest absolute Gasteiger partial charge is 0.263 e. The molecule has 0 radical (unpaired) electrons.